The monoisotopic (exact) mass is 511 g/mol. The van der Waals surface area contributed by atoms with E-state index in [9.17, 15) is 22.4 Å². The van der Waals surface area contributed by atoms with Gasteiger partial charge in [-0.2, -0.15) is 13.2 Å². The summed E-state index contributed by atoms with van der Waals surface area (Å²) < 4.78 is 57.0. The highest BCUT2D eigenvalue weighted by molar-refractivity contribution is 6.35. The molecule has 34 heavy (non-hydrogen) atoms. The molecule has 2 aliphatic rings. The van der Waals surface area contributed by atoms with Gasteiger partial charge in [0.1, 0.15) is 0 Å². The minimum Gasteiger partial charge on any atom is -0.374 e. The summed E-state index contributed by atoms with van der Waals surface area (Å²) in [5.74, 6) is -1.55. The van der Waals surface area contributed by atoms with Crippen LogP contribution >= 0.6 is 23.2 Å². The number of fused-ring (bicyclic) bond motifs is 1. The fourth-order valence-electron chi connectivity index (χ4n) is 4.29. The van der Waals surface area contributed by atoms with Gasteiger partial charge in [-0.1, -0.05) is 34.4 Å². The van der Waals surface area contributed by atoms with Crippen molar-refractivity contribution in [1.82, 2.24) is 4.98 Å². The molecule has 1 fully saturated rings. The van der Waals surface area contributed by atoms with Crippen molar-refractivity contribution < 1.29 is 27.2 Å². The number of halogens is 6. The number of hydrogen-bond donors (Lipinski definition) is 1. The first-order valence-electron chi connectivity index (χ1n) is 10.2. The maximum atomic E-state index is 14.4. The first-order chi connectivity index (χ1) is 16.0. The number of carbonyl (C=O) groups is 1. The quantitative estimate of drug-likeness (QED) is 0.332. The first-order valence-corrected chi connectivity index (χ1v) is 11.0. The summed E-state index contributed by atoms with van der Waals surface area (Å²) in [6, 6.07) is 6.20. The Bertz CT molecular complexity index is 1370. The maximum Gasteiger partial charge on any atom is 0.435 e. The van der Waals surface area contributed by atoms with E-state index in [4.69, 9.17) is 33.8 Å². The Kier molecular flexibility index (Phi) is 5.25. The largest absolute Gasteiger partial charge is 0.435 e. The molecule has 176 valence electrons. The van der Waals surface area contributed by atoms with Crippen molar-refractivity contribution in [3.05, 3.63) is 74.8 Å². The fraction of sp³-hybridized carbons (Fsp3) is 0.261. The average molecular weight is 512 g/mol. The van der Waals surface area contributed by atoms with Gasteiger partial charge >= 0.3 is 6.18 Å². The topological polar surface area (TPSA) is 77.6 Å². The second kappa shape index (κ2) is 7.81. The zero-order chi connectivity index (χ0) is 24.4. The van der Waals surface area contributed by atoms with Crippen molar-refractivity contribution in [2.24, 2.45) is 10.9 Å². The molecule has 5 nitrogen and oxygen atoms in total. The van der Waals surface area contributed by atoms with Gasteiger partial charge in [-0.3, -0.25) is 9.78 Å². The van der Waals surface area contributed by atoms with Crippen LogP contribution in [-0.4, -0.2) is 22.8 Å². The van der Waals surface area contributed by atoms with Crippen LogP contribution in [0.15, 0.2) is 41.7 Å². The maximum absolute atomic E-state index is 14.4. The van der Waals surface area contributed by atoms with Crippen molar-refractivity contribution in [3.8, 4) is 0 Å². The van der Waals surface area contributed by atoms with Gasteiger partial charge in [0.25, 0.3) is 5.60 Å². The van der Waals surface area contributed by atoms with Crippen molar-refractivity contribution in [2.45, 2.75) is 37.0 Å². The molecule has 3 aromatic rings. The highest BCUT2D eigenvalue weighted by atomic mass is 35.5. The molecule has 0 saturated heterocycles. The van der Waals surface area contributed by atoms with E-state index >= 15 is 0 Å². The minimum atomic E-state index is -4.94. The Hall–Kier alpha value is -2.91. The number of benzene rings is 2. The molecule has 1 aliphatic heterocycles. The zero-order valence-corrected chi connectivity index (χ0v) is 18.7. The third kappa shape index (κ3) is 3.49. The summed E-state index contributed by atoms with van der Waals surface area (Å²) in [5.41, 5.74) is 3.39. The fourth-order valence-corrected chi connectivity index (χ4v) is 4.77. The normalized spacial score (nSPS) is 20.4. The van der Waals surface area contributed by atoms with Gasteiger partial charge in [-0.25, -0.2) is 4.39 Å². The molecule has 1 saturated carbocycles. The van der Waals surface area contributed by atoms with E-state index in [-0.39, 0.29) is 17.2 Å². The number of alkyl halides is 3. The molecule has 0 spiro atoms. The van der Waals surface area contributed by atoms with E-state index in [1.165, 1.54) is 18.3 Å². The molecule has 1 atom stereocenters. The Balaban J connectivity index is 1.66. The van der Waals surface area contributed by atoms with Crippen LogP contribution < -0.4 is 5.73 Å². The number of aromatic nitrogens is 1. The summed E-state index contributed by atoms with van der Waals surface area (Å²) >= 11 is 11.5. The molecule has 2 aromatic carbocycles. The van der Waals surface area contributed by atoms with Crippen molar-refractivity contribution in [2.75, 3.05) is 0 Å². The molecule has 2 heterocycles. The van der Waals surface area contributed by atoms with Crippen molar-refractivity contribution in [1.29, 1.82) is 0 Å². The Morgan fingerprint density at radius 2 is 1.82 bits per heavy atom. The number of hydrogen-bond acceptors (Lipinski definition) is 4. The number of oxime groups is 1. The number of carbonyl (C=O) groups excluding carboxylic acids is 1. The Morgan fingerprint density at radius 3 is 2.41 bits per heavy atom. The Labute approximate surface area is 200 Å². The Morgan fingerprint density at radius 1 is 1.15 bits per heavy atom. The van der Waals surface area contributed by atoms with Gasteiger partial charge in [-0.05, 0) is 42.5 Å². The van der Waals surface area contributed by atoms with Crippen LogP contribution in [0.25, 0.3) is 10.8 Å². The van der Waals surface area contributed by atoms with E-state index < -0.39 is 45.5 Å². The molecular weight excluding hydrogens is 497 g/mol. The lowest BCUT2D eigenvalue weighted by molar-refractivity contribution is -0.275. The van der Waals surface area contributed by atoms with Crippen molar-refractivity contribution >= 4 is 45.6 Å². The molecule has 1 aliphatic carbocycles. The molecule has 0 radical (unpaired) electrons. The number of rotatable bonds is 4. The van der Waals surface area contributed by atoms with Gasteiger partial charge in [-0.15, -0.1) is 0 Å². The van der Waals surface area contributed by atoms with Crippen LogP contribution in [0.2, 0.25) is 10.0 Å². The third-order valence-corrected chi connectivity index (χ3v) is 6.68. The number of pyridine rings is 1. The second-order valence-electron chi connectivity index (χ2n) is 8.30. The molecular formula is C23H15Cl2F4N3O2. The van der Waals surface area contributed by atoms with Gasteiger partial charge < -0.3 is 10.6 Å². The number of nitrogens with two attached hydrogens (primary N) is 1. The van der Waals surface area contributed by atoms with Gasteiger partial charge in [0.15, 0.2) is 5.82 Å². The molecule has 1 unspecified atom stereocenters. The number of primary amides is 1. The van der Waals surface area contributed by atoms with Crippen LogP contribution in [0.5, 0.6) is 0 Å². The molecule has 11 heteroatoms. The lowest BCUT2D eigenvalue weighted by atomic mass is 9.85. The molecule has 2 N–H and O–H groups in total. The van der Waals surface area contributed by atoms with E-state index in [1.54, 1.807) is 6.07 Å². The number of amides is 1. The van der Waals surface area contributed by atoms with Crippen LogP contribution in [0.1, 0.15) is 52.4 Å². The van der Waals surface area contributed by atoms with Crippen LogP contribution in [0.4, 0.5) is 17.6 Å². The minimum absolute atomic E-state index is 0.0112. The van der Waals surface area contributed by atoms with E-state index in [0.29, 0.717) is 22.0 Å². The third-order valence-electron chi connectivity index (χ3n) is 6.13. The molecule has 5 rings (SSSR count). The first kappa shape index (κ1) is 22.9. The lowest BCUT2D eigenvalue weighted by Gasteiger charge is -2.29. The van der Waals surface area contributed by atoms with Crippen LogP contribution in [0, 0.1) is 5.82 Å². The summed E-state index contributed by atoms with van der Waals surface area (Å²) in [6.45, 7) is 0. The van der Waals surface area contributed by atoms with E-state index in [1.807, 2.05) is 0 Å². The van der Waals surface area contributed by atoms with E-state index in [2.05, 4.69) is 10.1 Å². The van der Waals surface area contributed by atoms with Crippen LogP contribution in [-0.2, 0) is 10.4 Å². The summed E-state index contributed by atoms with van der Waals surface area (Å²) in [4.78, 5) is 21.5. The predicted molar refractivity (Wildman–Crippen MR) is 119 cm³/mol. The van der Waals surface area contributed by atoms with Gasteiger partial charge in [0.2, 0.25) is 5.91 Å². The molecule has 0 bridgehead atoms. The molecule has 1 aromatic heterocycles. The highest BCUT2D eigenvalue weighted by Gasteiger charge is 2.62. The summed E-state index contributed by atoms with van der Waals surface area (Å²) in [7, 11) is 0. The van der Waals surface area contributed by atoms with Gasteiger partial charge in [0, 0.05) is 40.6 Å². The molecule has 1 amide bonds. The lowest BCUT2D eigenvalue weighted by Crippen LogP contribution is -2.42. The summed E-state index contributed by atoms with van der Waals surface area (Å²) in [5, 5.41) is 3.62. The zero-order valence-electron chi connectivity index (χ0n) is 17.2. The predicted octanol–water partition coefficient (Wildman–Crippen LogP) is 6.24. The van der Waals surface area contributed by atoms with E-state index in [0.717, 1.165) is 25.0 Å². The smallest absolute Gasteiger partial charge is 0.374 e. The van der Waals surface area contributed by atoms with Crippen LogP contribution in [0.3, 0.4) is 0 Å². The number of nitrogens with zero attached hydrogens (tertiary/aromatic N) is 2. The summed E-state index contributed by atoms with van der Waals surface area (Å²) in [6.07, 6.45) is -2.34. The standard InChI is InChI=1S/C23H15Cl2F4N3O2/c24-15-7-11(8-16(25)19(15)26)22(23(27,28)29)9-17(32-34-22)12-3-4-14(21(30)33)18-13(12)5-6-31-20(18)10-1-2-10/h3-8,10H,1-2,9H2,(H2,30,33). The van der Waals surface area contributed by atoms with Crippen molar-refractivity contribution in [3.63, 3.8) is 0 Å². The second-order valence-corrected chi connectivity index (χ2v) is 9.12. The van der Waals surface area contributed by atoms with Gasteiger partial charge in [0.05, 0.1) is 21.5 Å². The highest BCUT2D eigenvalue weighted by Crippen LogP contribution is 2.51. The SMILES string of the molecule is NC(=O)c1ccc(C2=NOC(c3cc(Cl)c(F)c(Cl)c3)(C(F)(F)F)C2)c2ccnc(C3CC3)c12. The average Bonchev–Trinajstić information content (AvgIpc) is 3.52.